The van der Waals surface area contributed by atoms with Gasteiger partial charge in [0, 0.05) is 24.5 Å². The first-order valence-corrected chi connectivity index (χ1v) is 11.2. The standard InChI is InChI=1S/C14H15N3O.C8H11N3O3S/c1-4-14(18)15-12-5-7-13(8-6-12)17-11(3)9-10(2)16-17;1-9-11-7-4-3-6(5-8(7)12)15(13,14)10-2/h4-9H,1H2,2-3H3,(H,15,18);3-5,10,12H,1-2H3. The van der Waals surface area contributed by atoms with Crippen LogP contribution in [0.1, 0.15) is 11.4 Å². The summed E-state index contributed by atoms with van der Waals surface area (Å²) in [6.45, 7) is 7.38. The summed E-state index contributed by atoms with van der Waals surface area (Å²) >= 11 is 0. The number of nitrogens with one attached hydrogen (secondary N) is 2. The van der Waals surface area contributed by atoms with Gasteiger partial charge in [-0.3, -0.25) is 4.79 Å². The Bertz CT molecular complexity index is 1260. The highest BCUT2D eigenvalue weighted by Gasteiger charge is 2.13. The molecule has 1 heterocycles. The van der Waals surface area contributed by atoms with E-state index in [1.54, 1.807) is 0 Å². The van der Waals surface area contributed by atoms with Crippen molar-refractivity contribution in [1.82, 2.24) is 14.5 Å². The van der Waals surface area contributed by atoms with E-state index in [0.29, 0.717) is 0 Å². The van der Waals surface area contributed by atoms with Crippen molar-refractivity contribution in [3.05, 3.63) is 72.6 Å². The van der Waals surface area contributed by atoms with E-state index < -0.39 is 10.0 Å². The first kappa shape index (κ1) is 25.4. The van der Waals surface area contributed by atoms with Crippen LogP contribution in [-0.2, 0) is 14.8 Å². The average Bonchev–Trinajstić information content (AvgIpc) is 3.14. The van der Waals surface area contributed by atoms with Crippen molar-refractivity contribution in [1.29, 1.82) is 0 Å². The predicted molar refractivity (Wildman–Crippen MR) is 127 cm³/mol. The van der Waals surface area contributed by atoms with Crippen LogP contribution in [0.3, 0.4) is 0 Å². The molecule has 33 heavy (non-hydrogen) atoms. The highest BCUT2D eigenvalue weighted by atomic mass is 32.2. The van der Waals surface area contributed by atoms with E-state index in [9.17, 15) is 18.3 Å². The molecule has 0 saturated heterocycles. The Labute approximate surface area is 192 Å². The number of nitrogens with zero attached hydrogens (tertiary/aromatic N) is 4. The molecule has 0 aliphatic carbocycles. The number of rotatable bonds is 6. The van der Waals surface area contributed by atoms with Crippen molar-refractivity contribution < 1.29 is 18.3 Å². The van der Waals surface area contributed by atoms with Gasteiger partial charge in [-0.15, -0.1) is 0 Å². The molecule has 0 bridgehead atoms. The van der Waals surface area contributed by atoms with E-state index in [4.69, 9.17) is 0 Å². The Morgan fingerprint density at radius 3 is 2.30 bits per heavy atom. The third kappa shape index (κ3) is 6.82. The molecule has 11 heteroatoms. The molecular weight excluding hydrogens is 444 g/mol. The van der Waals surface area contributed by atoms with Gasteiger partial charge in [-0.05, 0) is 69.4 Å². The van der Waals surface area contributed by atoms with Crippen molar-refractivity contribution in [2.75, 3.05) is 19.4 Å². The summed E-state index contributed by atoms with van der Waals surface area (Å²) in [5, 5.41) is 23.6. The first-order chi connectivity index (χ1) is 15.6. The SMILES string of the molecule is C=CC(=O)Nc1ccc(-n2nc(C)cc2C)cc1.CN=Nc1ccc(S(=O)(=O)NC)cc1O. The number of carbonyl (C=O) groups excluding carboxylic acids is 1. The molecule has 10 nitrogen and oxygen atoms in total. The number of hydrogen-bond acceptors (Lipinski definition) is 7. The second kappa shape index (κ2) is 11.2. The number of carbonyl (C=O) groups is 1. The van der Waals surface area contributed by atoms with Gasteiger partial charge in [0.05, 0.1) is 16.3 Å². The van der Waals surface area contributed by atoms with Crippen LogP contribution in [0.15, 0.2) is 76.3 Å². The number of aromatic hydroxyl groups is 1. The number of sulfonamides is 1. The zero-order chi connectivity index (χ0) is 24.6. The number of amides is 1. The number of aromatic nitrogens is 2. The fourth-order valence-electron chi connectivity index (χ4n) is 2.75. The Morgan fingerprint density at radius 1 is 1.15 bits per heavy atom. The molecule has 0 spiro atoms. The highest BCUT2D eigenvalue weighted by molar-refractivity contribution is 7.89. The minimum Gasteiger partial charge on any atom is -0.506 e. The maximum Gasteiger partial charge on any atom is 0.247 e. The quantitative estimate of drug-likeness (QED) is 0.373. The summed E-state index contributed by atoms with van der Waals surface area (Å²) in [6.07, 6.45) is 1.24. The Kier molecular flexibility index (Phi) is 8.60. The molecule has 0 unspecified atom stereocenters. The zero-order valence-corrected chi connectivity index (χ0v) is 19.6. The number of aryl methyl sites for hydroxylation is 2. The molecule has 0 atom stereocenters. The molecule has 2 aromatic carbocycles. The fourth-order valence-corrected chi connectivity index (χ4v) is 3.50. The largest absolute Gasteiger partial charge is 0.506 e. The van der Waals surface area contributed by atoms with Crippen LogP contribution in [0.2, 0.25) is 0 Å². The second-order valence-corrected chi connectivity index (χ2v) is 8.62. The maximum atomic E-state index is 11.3. The Hall–Kier alpha value is -3.83. The van der Waals surface area contributed by atoms with Crippen LogP contribution in [-0.4, -0.2) is 43.3 Å². The van der Waals surface area contributed by atoms with E-state index >= 15 is 0 Å². The highest BCUT2D eigenvalue weighted by Crippen LogP contribution is 2.28. The van der Waals surface area contributed by atoms with Gasteiger partial charge in [0.2, 0.25) is 15.9 Å². The number of azo groups is 1. The number of anilines is 1. The van der Waals surface area contributed by atoms with Crippen LogP contribution >= 0.6 is 0 Å². The van der Waals surface area contributed by atoms with Crippen LogP contribution in [0.25, 0.3) is 5.69 Å². The molecule has 0 aliphatic heterocycles. The van der Waals surface area contributed by atoms with Crippen LogP contribution in [0, 0.1) is 13.8 Å². The van der Waals surface area contributed by atoms with E-state index in [-0.39, 0.29) is 22.2 Å². The lowest BCUT2D eigenvalue weighted by molar-refractivity contribution is -0.111. The van der Waals surface area contributed by atoms with Crippen LogP contribution in [0.5, 0.6) is 5.75 Å². The molecule has 174 valence electrons. The lowest BCUT2D eigenvalue weighted by atomic mass is 10.2. The Morgan fingerprint density at radius 2 is 1.82 bits per heavy atom. The van der Waals surface area contributed by atoms with Crippen molar-refractivity contribution in [2.45, 2.75) is 18.7 Å². The van der Waals surface area contributed by atoms with E-state index in [1.165, 1.54) is 32.3 Å². The Balaban J connectivity index is 0.000000238. The molecule has 1 aromatic heterocycles. The summed E-state index contributed by atoms with van der Waals surface area (Å²) in [7, 11) is -0.781. The van der Waals surface area contributed by atoms with Gasteiger partial charge >= 0.3 is 0 Å². The fraction of sp³-hybridized carbons (Fsp3) is 0.182. The number of phenols is 1. The van der Waals surface area contributed by atoms with E-state index in [2.05, 4.69) is 31.9 Å². The molecule has 0 aliphatic rings. The smallest absolute Gasteiger partial charge is 0.247 e. The van der Waals surface area contributed by atoms with Crippen molar-refractivity contribution in [3.63, 3.8) is 0 Å². The number of hydrogen-bond donors (Lipinski definition) is 3. The van der Waals surface area contributed by atoms with E-state index in [1.807, 2.05) is 48.9 Å². The van der Waals surface area contributed by atoms with Gasteiger partial charge in [0.15, 0.2) is 0 Å². The molecule has 3 rings (SSSR count). The van der Waals surface area contributed by atoms with Crippen molar-refractivity contribution in [3.8, 4) is 11.4 Å². The average molecular weight is 471 g/mol. The molecule has 3 aromatic rings. The summed E-state index contributed by atoms with van der Waals surface area (Å²) in [4.78, 5) is 11.1. The van der Waals surface area contributed by atoms with Gasteiger partial charge in [-0.2, -0.15) is 15.3 Å². The third-order valence-corrected chi connectivity index (χ3v) is 5.72. The normalized spacial score (nSPS) is 11.0. The van der Waals surface area contributed by atoms with Crippen molar-refractivity contribution in [2.24, 2.45) is 10.2 Å². The summed E-state index contributed by atoms with van der Waals surface area (Å²) in [5.74, 6) is -0.439. The van der Waals surface area contributed by atoms with Crippen LogP contribution < -0.4 is 10.0 Å². The molecule has 0 radical (unpaired) electrons. The number of benzene rings is 2. The molecule has 3 N–H and O–H groups in total. The molecule has 0 saturated carbocycles. The number of phenolic OH excluding ortho intramolecular Hbond substituents is 1. The minimum atomic E-state index is -3.53. The second-order valence-electron chi connectivity index (χ2n) is 6.74. The molecule has 1 amide bonds. The lowest BCUT2D eigenvalue weighted by Crippen LogP contribution is -2.18. The summed E-state index contributed by atoms with van der Waals surface area (Å²) in [5.41, 5.74) is 4.00. The third-order valence-electron chi connectivity index (χ3n) is 4.31. The molecule has 0 fully saturated rings. The lowest BCUT2D eigenvalue weighted by Gasteiger charge is -2.06. The van der Waals surface area contributed by atoms with Crippen LogP contribution in [0.4, 0.5) is 11.4 Å². The molecular formula is C22H26N6O4S. The summed E-state index contributed by atoms with van der Waals surface area (Å²) in [6, 6.07) is 13.4. The van der Waals surface area contributed by atoms with Gasteiger partial charge in [0.25, 0.3) is 0 Å². The van der Waals surface area contributed by atoms with Gasteiger partial charge in [-0.1, -0.05) is 6.58 Å². The summed E-state index contributed by atoms with van der Waals surface area (Å²) < 4.78 is 26.7. The van der Waals surface area contributed by atoms with Gasteiger partial charge in [0.1, 0.15) is 11.4 Å². The minimum absolute atomic E-state index is 0.0162. The monoisotopic (exact) mass is 470 g/mol. The topological polar surface area (TPSA) is 138 Å². The predicted octanol–water partition coefficient (Wildman–Crippen LogP) is 3.63. The maximum absolute atomic E-state index is 11.3. The zero-order valence-electron chi connectivity index (χ0n) is 18.8. The van der Waals surface area contributed by atoms with Gasteiger partial charge < -0.3 is 10.4 Å². The first-order valence-electron chi connectivity index (χ1n) is 9.74. The van der Waals surface area contributed by atoms with E-state index in [0.717, 1.165) is 28.8 Å². The van der Waals surface area contributed by atoms with Gasteiger partial charge in [-0.25, -0.2) is 17.8 Å². The van der Waals surface area contributed by atoms with Crippen molar-refractivity contribution >= 4 is 27.3 Å².